The zero-order valence-electron chi connectivity index (χ0n) is 20.3. The highest BCUT2D eigenvalue weighted by Gasteiger charge is 2.31. The highest BCUT2D eigenvalue weighted by Crippen LogP contribution is 2.27. The van der Waals surface area contributed by atoms with Gasteiger partial charge in [0, 0.05) is 17.6 Å². The van der Waals surface area contributed by atoms with Crippen LogP contribution < -0.4 is 9.62 Å². The lowest BCUT2D eigenvalue weighted by atomic mass is 10.1. The van der Waals surface area contributed by atoms with Gasteiger partial charge >= 0.3 is 0 Å². The molecule has 0 aliphatic heterocycles. The third-order valence-corrected chi connectivity index (χ3v) is 7.71. The average molecular weight is 563 g/mol. The van der Waals surface area contributed by atoms with Crippen molar-refractivity contribution in [3.05, 3.63) is 62.6 Å². The van der Waals surface area contributed by atoms with Crippen LogP contribution in [-0.2, 0) is 26.2 Å². The van der Waals surface area contributed by atoms with Crippen molar-refractivity contribution >= 4 is 62.3 Å². The van der Waals surface area contributed by atoms with Crippen LogP contribution in [0.2, 0.25) is 15.1 Å². The molecular formula is C24H30Cl3N3O4S. The summed E-state index contributed by atoms with van der Waals surface area (Å²) in [5, 5.41) is 3.99. The summed E-state index contributed by atoms with van der Waals surface area (Å²) in [7, 11) is -3.83. The van der Waals surface area contributed by atoms with Gasteiger partial charge in [0.2, 0.25) is 21.8 Å². The van der Waals surface area contributed by atoms with E-state index < -0.39 is 28.5 Å². The number of halogens is 3. The Balaban J connectivity index is 2.44. The molecule has 1 N–H and O–H groups in total. The third-order valence-electron chi connectivity index (χ3n) is 5.61. The first-order valence-electron chi connectivity index (χ1n) is 11.0. The minimum absolute atomic E-state index is 0.0298. The molecule has 0 heterocycles. The first kappa shape index (κ1) is 29.2. The Morgan fingerprint density at radius 2 is 1.69 bits per heavy atom. The van der Waals surface area contributed by atoms with Crippen LogP contribution in [-0.4, -0.2) is 50.0 Å². The highest BCUT2D eigenvalue weighted by molar-refractivity contribution is 7.92. The van der Waals surface area contributed by atoms with Crippen LogP contribution in [0.1, 0.15) is 38.3 Å². The molecule has 2 aromatic rings. The van der Waals surface area contributed by atoms with Gasteiger partial charge < -0.3 is 10.2 Å². The maximum absolute atomic E-state index is 13.6. The van der Waals surface area contributed by atoms with E-state index in [1.807, 2.05) is 13.8 Å². The second-order valence-corrected chi connectivity index (χ2v) is 11.6. The molecule has 11 heteroatoms. The fourth-order valence-electron chi connectivity index (χ4n) is 3.38. The van der Waals surface area contributed by atoms with E-state index in [0.29, 0.717) is 31.9 Å². The second kappa shape index (κ2) is 12.3. The largest absolute Gasteiger partial charge is 0.352 e. The van der Waals surface area contributed by atoms with Crippen molar-refractivity contribution < 1.29 is 18.0 Å². The van der Waals surface area contributed by atoms with Crippen LogP contribution in [0.4, 0.5) is 5.69 Å². The number of benzene rings is 2. The minimum Gasteiger partial charge on any atom is -0.352 e. The molecule has 0 aromatic heterocycles. The molecule has 0 unspecified atom stereocenters. The normalized spacial score (nSPS) is 13.1. The zero-order chi connectivity index (χ0) is 26.5. The van der Waals surface area contributed by atoms with E-state index >= 15 is 0 Å². The number of aryl methyl sites for hydroxylation is 1. The fourth-order valence-corrected chi connectivity index (χ4v) is 4.83. The van der Waals surface area contributed by atoms with Crippen molar-refractivity contribution in [3.63, 3.8) is 0 Å². The van der Waals surface area contributed by atoms with Crippen LogP contribution in [0.25, 0.3) is 0 Å². The van der Waals surface area contributed by atoms with Crippen molar-refractivity contribution in [3.8, 4) is 0 Å². The highest BCUT2D eigenvalue weighted by atomic mass is 35.5. The molecule has 0 radical (unpaired) electrons. The van der Waals surface area contributed by atoms with Crippen molar-refractivity contribution in [2.45, 2.75) is 52.7 Å². The summed E-state index contributed by atoms with van der Waals surface area (Å²) < 4.78 is 26.3. The van der Waals surface area contributed by atoms with E-state index in [0.717, 1.165) is 17.0 Å². The molecule has 0 fully saturated rings. The predicted molar refractivity (Wildman–Crippen MR) is 143 cm³/mol. The molecule has 2 amide bonds. The molecule has 35 heavy (non-hydrogen) atoms. The van der Waals surface area contributed by atoms with Crippen molar-refractivity contribution in [2.24, 2.45) is 0 Å². The molecule has 2 rings (SSSR count). The summed E-state index contributed by atoms with van der Waals surface area (Å²) in [5.41, 5.74) is 1.57. The maximum atomic E-state index is 13.6. The van der Waals surface area contributed by atoms with Crippen LogP contribution in [0.3, 0.4) is 0 Å². The molecule has 0 bridgehead atoms. The summed E-state index contributed by atoms with van der Waals surface area (Å²) in [5.74, 6) is -0.899. The molecule has 0 saturated carbocycles. The lowest BCUT2D eigenvalue weighted by Gasteiger charge is -2.32. The topological polar surface area (TPSA) is 86.8 Å². The van der Waals surface area contributed by atoms with Gasteiger partial charge in [-0.15, -0.1) is 0 Å². The van der Waals surface area contributed by atoms with Gasteiger partial charge in [0.15, 0.2) is 0 Å². The Hall–Kier alpha value is -2.00. The van der Waals surface area contributed by atoms with Crippen LogP contribution in [0.15, 0.2) is 36.4 Å². The third kappa shape index (κ3) is 8.00. The first-order valence-corrected chi connectivity index (χ1v) is 14.0. The number of nitrogens with zero attached hydrogens (tertiary/aromatic N) is 2. The lowest BCUT2D eigenvalue weighted by molar-refractivity contribution is -0.139. The van der Waals surface area contributed by atoms with Crippen LogP contribution in [0.5, 0.6) is 0 Å². The van der Waals surface area contributed by atoms with Crippen LogP contribution in [0, 0.1) is 6.92 Å². The van der Waals surface area contributed by atoms with E-state index in [1.165, 1.54) is 4.90 Å². The van der Waals surface area contributed by atoms with Gasteiger partial charge in [-0.05, 0) is 68.7 Å². The fraction of sp³-hybridized carbons (Fsp3) is 0.417. The molecular weight excluding hydrogens is 533 g/mol. The van der Waals surface area contributed by atoms with Gasteiger partial charge in [-0.1, -0.05) is 47.8 Å². The van der Waals surface area contributed by atoms with E-state index in [-0.39, 0.29) is 18.5 Å². The van der Waals surface area contributed by atoms with Gasteiger partial charge in [0.05, 0.1) is 22.0 Å². The number of carbonyl (C=O) groups excluding carboxylic acids is 2. The number of sulfonamides is 1. The predicted octanol–water partition coefficient (Wildman–Crippen LogP) is 5.05. The number of anilines is 1. The molecule has 2 atom stereocenters. The second-order valence-electron chi connectivity index (χ2n) is 8.46. The SMILES string of the molecule is CC[C@@H](C)NC(=O)[C@@H](C)N(Cc1ccc(Cl)c(Cl)c1)C(=O)CN(c1ccc(Cl)cc1C)S(C)(=O)=O. The van der Waals surface area contributed by atoms with E-state index in [1.54, 1.807) is 50.2 Å². The number of amides is 2. The summed E-state index contributed by atoms with van der Waals surface area (Å²) in [6.07, 6.45) is 1.74. The van der Waals surface area contributed by atoms with E-state index in [2.05, 4.69) is 5.32 Å². The number of hydrogen-bond acceptors (Lipinski definition) is 4. The maximum Gasteiger partial charge on any atom is 0.244 e. The van der Waals surface area contributed by atoms with E-state index in [9.17, 15) is 18.0 Å². The molecule has 7 nitrogen and oxygen atoms in total. The Bertz CT molecular complexity index is 1190. The number of rotatable bonds is 10. The average Bonchev–Trinajstić information content (AvgIpc) is 2.77. The summed E-state index contributed by atoms with van der Waals surface area (Å²) in [4.78, 5) is 27.8. The van der Waals surface area contributed by atoms with Gasteiger partial charge in [0.25, 0.3) is 0 Å². The molecule has 0 aliphatic carbocycles. The van der Waals surface area contributed by atoms with Gasteiger partial charge in [0.1, 0.15) is 12.6 Å². The molecule has 0 spiro atoms. The van der Waals surface area contributed by atoms with Crippen molar-refractivity contribution in [1.82, 2.24) is 10.2 Å². The van der Waals surface area contributed by atoms with Crippen LogP contribution >= 0.6 is 34.8 Å². The van der Waals surface area contributed by atoms with Gasteiger partial charge in [-0.25, -0.2) is 8.42 Å². The number of nitrogens with one attached hydrogen (secondary N) is 1. The molecule has 2 aromatic carbocycles. The number of hydrogen-bond donors (Lipinski definition) is 1. The van der Waals surface area contributed by atoms with Gasteiger partial charge in [-0.2, -0.15) is 0 Å². The smallest absolute Gasteiger partial charge is 0.244 e. The summed E-state index contributed by atoms with van der Waals surface area (Å²) >= 11 is 18.2. The Morgan fingerprint density at radius 1 is 1.03 bits per heavy atom. The van der Waals surface area contributed by atoms with Gasteiger partial charge in [-0.3, -0.25) is 13.9 Å². The summed E-state index contributed by atoms with van der Waals surface area (Å²) in [6.45, 7) is 6.65. The Labute approximate surface area is 222 Å². The van der Waals surface area contributed by atoms with E-state index in [4.69, 9.17) is 34.8 Å². The monoisotopic (exact) mass is 561 g/mol. The number of carbonyl (C=O) groups is 2. The Kier molecular flexibility index (Phi) is 10.3. The first-order chi connectivity index (χ1) is 16.2. The summed E-state index contributed by atoms with van der Waals surface area (Å²) in [6, 6.07) is 8.68. The zero-order valence-corrected chi connectivity index (χ0v) is 23.4. The van der Waals surface area contributed by atoms with Crippen molar-refractivity contribution in [2.75, 3.05) is 17.1 Å². The lowest BCUT2D eigenvalue weighted by Crippen LogP contribution is -2.52. The Morgan fingerprint density at radius 3 is 2.23 bits per heavy atom. The standard InChI is InChI=1S/C24H30Cl3N3O4S/c1-6-16(3)28-24(32)17(4)29(13-18-7-9-20(26)21(27)12-18)23(31)14-30(35(5,33)34)22-10-8-19(25)11-15(22)2/h7-12,16-17H,6,13-14H2,1-5H3,(H,28,32)/t16-,17-/m1/s1. The van der Waals surface area contributed by atoms with Crippen molar-refractivity contribution in [1.29, 1.82) is 0 Å². The minimum atomic E-state index is -3.83. The molecule has 0 saturated heterocycles. The molecule has 192 valence electrons. The quantitative estimate of drug-likeness (QED) is 0.439. The molecule has 0 aliphatic rings.